The quantitative estimate of drug-likeness (QED) is 0.705. The van der Waals surface area contributed by atoms with E-state index in [-0.39, 0.29) is 29.4 Å². The summed E-state index contributed by atoms with van der Waals surface area (Å²) in [7, 11) is -1.72. The van der Waals surface area contributed by atoms with Crippen molar-refractivity contribution in [2.24, 2.45) is 5.92 Å². The number of sulfonamides is 1. The Labute approximate surface area is 194 Å². The van der Waals surface area contributed by atoms with Crippen molar-refractivity contribution in [3.05, 3.63) is 59.7 Å². The molecule has 174 valence electrons. The van der Waals surface area contributed by atoms with Gasteiger partial charge in [-0.1, -0.05) is 44.2 Å². The van der Waals surface area contributed by atoms with Crippen LogP contribution in [0.15, 0.2) is 48.5 Å². The SMILES string of the molecule is CC(C)CN1C(=O)C[C@]2(C(=O)N(C)c3ccc(NS(=O)(=O)C4CC4)cc32)C1c1ccccc1. The van der Waals surface area contributed by atoms with Crippen LogP contribution in [0, 0.1) is 5.92 Å². The maximum atomic E-state index is 13.9. The van der Waals surface area contributed by atoms with E-state index < -0.39 is 21.5 Å². The van der Waals surface area contributed by atoms with E-state index in [1.165, 1.54) is 0 Å². The predicted molar refractivity (Wildman–Crippen MR) is 127 cm³/mol. The molecule has 33 heavy (non-hydrogen) atoms. The van der Waals surface area contributed by atoms with Gasteiger partial charge in [0.1, 0.15) is 5.41 Å². The van der Waals surface area contributed by atoms with E-state index in [0.29, 0.717) is 30.6 Å². The van der Waals surface area contributed by atoms with Crippen molar-refractivity contribution in [2.45, 2.75) is 49.8 Å². The molecule has 2 aliphatic heterocycles. The first-order chi connectivity index (χ1) is 15.6. The van der Waals surface area contributed by atoms with Gasteiger partial charge in [0.2, 0.25) is 21.8 Å². The zero-order valence-electron chi connectivity index (χ0n) is 19.1. The average Bonchev–Trinajstić information content (AvgIpc) is 3.56. The number of benzene rings is 2. The molecule has 0 radical (unpaired) electrons. The van der Waals surface area contributed by atoms with Crippen molar-refractivity contribution in [1.82, 2.24) is 4.90 Å². The fourth-order valence-corrected chi connectivity index (χ4v) is 6.76. The molecule has 2 heterocycles. The van der Waals surface area contributed by atoms with Crippen LogP contribution >= 0.6 is 0 Å². The first-order valence-electron chi connectivity index (χ1n) is 11.4. The standard InChI is InChI=1S/C25H29N3O4S/c1-16(2)15-28-22(29)14-25(23(28)17-7-5-4-6-8-17)20-13-18(26-33(31,32)19-10-11-19)9-12-21(20)27(3)24(25)30/h4-9,12-13,16,19,23,26H,10-11,14-15H2,1-3H3/t23?,25-/m1/s1. The maximum absolute atomic E-state index is 13.9. The highest BCUT2D eigenvalue weighted by Gasteiger charge is 2.63. The number of carbonyl (C=O) groups excluding carboxylic acids is 2. The molecule has 2 aromatic rings. The number of likely N-dealkylation sites (N-methyl/N-ethyl adjacent to an activating group) is 1. The Morgan fingerprint density at radius 2 is 1.79 bits per heavy atom. The van der Waals surface area contributed by atoms with Gasteiger partial charge in [0.05, 0.1) is 11.3 Å². The van der Waals surface area contributed by atoms with Crippen LogP contribution < -0.4 is 9.62 Å². The Bertz CT molecular complexity index is 1220. The molecule has 0 aromatic heterocycles. The summed E-state index contributed by atoms with van der Waals surface area (Å²) in [5, 5.41) is -0.351. The molecule has 7 nitrogen and oxygen atoms in total. The Balaban J connectivity index is 1.67. The molecule has 1 spiro atoms. The number of fused-ring (bicyclic) bond motifs is 2. The number of amides is 2. The van der Waals surface area contributed by atoms with E-state index in [4.69, 9.17) is 0 Å². The molecule has 5 rings (SSSR count). The highest BCUT2D eigenvalue weighted by molar-refractivity contribution is 7.93. The summed E-state index contributed by atoms with van der Waals surface area (Å²) in [4.78, 5) is 30.7. The molecule has 1 unspecified atom stereocenters. The number of nitrogens with one attached hydrogen (secondary N) is 1. The average molecular weight is 468 g/mol. The molecular formula is C25H29N3O4S. The Hall–Kier alpha value is -2.87. The van der Waals surface area contributed by atoms with E-state index in [9.17, 15) is 18.0 Å². The summed E-state index contributed by atoms with van der Waals surface area (Å²) in [5.74, 6) is 0.0463. The number of anilines is 2. The first-order valence-corrected chi connectivity index (χ1v) is 13.0. The summed E-state index contributed by atoms with van der Waals surface area (Å²) in [5.41, 5.74) is 1.67. The molecule has 2 amide bonds. The van der Waals surface area contributed by atoms with E-state index in [2.05, 4.69) is 18.6 Å². The van der Waals surface area contributed by atoms with Crippen LogP contribution in [0.5, 0.6) is 0 Å². The van der Waals surface area contributed by atoms with Crippen molar-refractivity contribution in [1.29, 1.82) is 0 Å². The fourth-order valence-electron chi connectivity index (χ4n) is 5.38. The first kappa shape index (κ1) is 21.9. The van der Waals surface area contributed by atoms with Crippen molar-refractivity contribution < 1.29 is 18.0 Å². The van der Waals surface area contributed by atoms with Crippen molar-refractivity contribution in [2.75, 3.05) is 23.2 Å². The number of carbonyl (C=O) groups is 2. The minimum atomic E-state index is -3.45. The smallest absolute Gasteiger partial charge is 0.240 e. The van der Waals surface area contributed by atoms with Crippen LogP contribution in [-0.2, 0) is 25.0 Å². The molecule has 2 fully saturated rings. The fraction of sp³-hybridized carbons (Fsp3) is 0.440. The normalized spacial score (nSPS) is 24.8. The van der Waals surface area contributed by atoms with Crippen LogP contribution in [0.1, 0.15) is 50.3 Å². The van der Waals surface area contributed by atoms with Crippen LogP contribution in [0.25, 0.3) is 0 Å². The highest BCUT2D eigenvalue weighted by atomic mass is 32.2. The zero-order valence-corrected chi connectivity index (χ0v) is 19.9. The molecule has 1 saturated carbocycles. The van der Waals surface area contributed by atoms with Gasteiger partial charge in [0.25, 0.3) is 0 Å². The predicted octanol–water partition coefficient (Wildman–Crippen LogP) is 3.43. The Morgan fingerprint density at radius 3 is 2.42 bits per heavy atom. The molecule has 2 atom stereocenters. The van der Waals surface area contributed by atoms with Crippen LogP contribution in [0.2, 0.25) is 0 Å². The number of rotatable bonds is 6. The topological polar surface area (TPSA) is 86.8 Å². The second-order valence-electron chi connectivity index (χ2n) is 9.84. The third kappa shape index (κ3) is 3.42. The Kier molecular flexibility index (Phi) is 5.04. The summed E-state index contributed by atoms with van der Waals surface area (Å²) < 4.78 is 27.8. The Morgan fingerprint density at radius 1 is 1.09 bits per heavy atom. The monoisotopic (exact) mass is 467 g/mol. The lowest BCUT2D eigenvalue weighted by Crippen LogP contribution is -2.44. The van der Waals surface area contributed by atoms with Crippen LogP contribution in [0.4, 0.5) is 11.4 Å². The van der Waals surface area contributed by atoms with Gasteiger partial charge in [0.15, 0.2) is 0 Å². The van der Waals surface area contributed by atoms with Gasteiger partial charge in [-0.3, -0.25) is 14.3 Å². The van der Waals surface area contributed by atoms with Crippen molar-refractivity contribution in [3.8, 4) is 0 Å². The summed E-state index contributed by atoms with van der Waals surface area (Å²) in [6, 6.07) is 14.5. The van der Waals surface area contributed by atoms with Gasteiger partial charge >= 0.3 is 0 Å². The second-order valence-corrected chi connectivity index (χ2v) is 11.8. The minimum Gasteiger partial charge on any atom is -0.334 e. The van der Waals surface area contributed by atoms with Crippen LogP contribution in [0.3, 0.4) is 0 Å². The molecule has 1 aliphatic carbocycles. The zero-order chi connectivity index (χ0) is 23.5. The van der Waals surface area contributed by atoms with Gasteiger partial charge in [0, 0.05) is 31.4 Å². The lowest BCUT2D eigenvalue weighted by atomic mass is 9.72. The van der Waals surface area contributed by atoms with E-state index in [1.54, 1.807) is 30.1 Å². The minimum absolute atomic E-state index is 0.0592. The summed E-state index contributed by atoms with van der Waals surface area (Å²) in [6.45, 7) is 4.66. The second kappa shape index (κ2) is 7.58. The number of hydrogen-bond donors (Lipinski definition) is 1. The van der Waals surface area contributed by atoms with Crippen LogP contribution in [-0.4, -0.2) is 44.0 Å². The highest BCUT2D eigenvalue weighted by Crippen LogP contribution is 2.57. The van der Waals surface area contributed by atoms with Gasteiger partial charge in [-0.15, -0.1) is 0 Å². The van der Waals surface area contributed by atoms with Gasteiger partial charge < -0.3 is 9.80 Å². The molecule has 1 saturated heterocycles. The maximum Gasteiger partial charge on any atom is 0.240 e. The third-order valence-electron chi connectivity index (χ3n) is 6.95. The van der Waals surface area contributed by atoms with E-state index in [1.807, 2.05) is 35.2 Å². The molecule has 1 N–H and O–H groups in total. The molecule has 3 aliphatic rings. The largest absolute Gasteiger partial charge is 0.334 e. The van der Waals surface area contributed by atoms with E-state index >= 15 is 0 Å². The van der Waals surface area contributed by atoms with Gasteiger partial charge in [-0.2, -0.15) is 0 Å². The number of nitrogens with zero attached hydrogens (tertiary/aromatic N) is 2. The number of likely N-dealkylation sites (tertiary alicyclic amines) is 1. The lowest BCUT2D eigenvalue weighted by Gasteiger charge is -2.35. The van der Waals surface area contributed by atoms with Crippen molar-refractivity contribution >= 4 is 33.2 Å². The molecular weight excluding hydrogens is 438 g/mol. The van der Waals surface area contributed by atoms with Gasteiger partial charge in [-0.25, -0.2) is 8.42 Å². The summed E-state index contributed by atoms with van der Waals surface area (Å²) >= 11 is 0. The molecule has 2 aromatic carbocycles. The van der Waals surface area contributed by atoms with Gasteiger partial charge in [-0.05, 0) is 48.1 Å². The molecule has 0 bridgehead atoms. The number of hydrogen-bond acceptors (Lipinski definition) is 4. The lowest BCUT2D eigenvalue weighted by molar-refractivity contribution is -0.129. The van der Waals surface area contributed by atoms with Crippen molar-refractivity contribution in [3.63, 3.8) is 0 Å². The third-order valence-corrected chi connectivity index (χ3v) is 8.82. The molecule has 8 heteroatoms. The van der Waals surface area contributed by atoms with E-state index in [0.717, 1.165) is 11.3 Å². The summed E-state index contributed by atoms with van der Waals surface area (Å²) in [6.07, 6.45) is 1.40.